The van der Waals surface area contributed by atoms with Crippen LogP contribution in [0.25, 0.3) is 0 Å². The Morgan fingerprint density at radius 2 is 1.03 bits per heavy atom. The molecule has 0 aliphatic heterocycles. The molecule has 0 unspecified atom stereocenters. The number of benzene rings is 3. The first-order chi connectivity index (χ1) is 14.4. The molecule has 0 spiro atoms. The van der Waals surface area contributed by atoms with Crippen molar-refractivity contribution in [1.82, 2.24) is 0 Å². The molecule has 30 heavy (non-hydrogen) atoms. The Labute approximate surface area is 175 Å². The highest BCUT2D eigenvalue weighted by molar-refractivity contribution is 5.95. The fourth-order valence-electron chi connectivity index (χ4n) is 2.72. The van der Waals surface area contributed by atoms with Gasteiger partial charge in [0.2, 0.25) is 0 Å². The van der Waals surface area contributed by atoms with E-state index in [1.54, 1.807) is 49.6 Å². The van der Waals surface area contributed by atoms with E-state index in [0.29, 0.717) is 41.6 Å². The number of ether oxygens (including phenoxy) is 3. The van der Waals surface area contributed by atoms with Crippen molar-refractivity contribution in [3.8, 4) is 17.2 Å². The summed E-state index contributed by atoms with van der Waals surface area (Å²) >= 11 is 0. The maximum Gasteiger partial charge on any atom is 0.127 e. The minimum absolute atomic E-state index is 0.0352. The van der Waals surface area contributed by atoms with Gasteiger partial charge in [-0.15, -0.1) is 0 Å². The second kappa shape index (κ2) is 9.47. The lowest BCUT2D eigenvalue weighted by Crippen LogP contribution is -2.10. The summed E-state index contributed by atoms with van der Waals surface area (Å²) in [7, 11) is 1.59. The number of amidine groups is 2. The summed E-state index contributed by atoms with van der Waals surface area (Å²) < 4.78 is 17.1. The Hall–Kier alpha value is -4.00. The second-order valence-electron chi connectivity index (χ2n) is 6.64. The van der Waals surface area contributed by atoms with E-state index in [4.69, 9.17) is 36.5 Å². The van der Waals surface area contributed by atoms with Gasteiger partial charge in [0.25, 0.3) is 0 Å². The number of nitrogens with one attached hydrogen (secondary N) is 2. The van der Waals surface area contributed by atoms with Gasteiger partial charge in [-0.1, -0.05) is 48.5 Å². The molecular formula is C23H24N4O3. The molecule has 0 amide bonds. The molecule has 3 aromatic carbocycles. The highest BCUT2D eigenvalue weighted by Crippen LogP contribution is 2.29. The van der Waals surface area contributed by atoms with Crippen molar-refractivity contribution in [2.24, 2.45) is 11.5 Å². The van der Waals surface area contributed by atoms with Crippen LogP contribution in [0.3, 0.4) is 0 Å². The first-order valence-corrected chi connectivity index (χ1v) is 9.26. The Balaban J connectivity index is 1.65. The van der Waals surface area contributed by atoms with Crippen LogP contribution in [0.1, 0.15) is 22.3 Å². The number of methoxy groups -OCH3 is 1. The highest BCUT2D eigenvalue weighted by atomic mass is 16.5. The predicted molar refractivity (Wildman–Crippen MR) is 117 cm³/mol. The summed E-state index contributed by atoms with van der Waals surface area (Å²) in [5.74, 6) is 1.93. The van der Waals surface area contributed by atoms with Crippen LogP contribution in [-0.2, 0) is 13.2 Å². The molecule has 0 fully saturated rings. The molecule has 3 aromatic rings. The van der Waals surface area contributed by atoms with E-state index >= 15 is 0 Å². The number of rotatable bonds is 9. The van der Waals surface area contributed by atoms with Gasteiger partial charge < -0.3 is 25.7 Å². The monoisotopic (exact) mass is 404 g/mol. The highest BCUT2D eigenvalue weighted by Gasteiger charge is 2.06. The largest absolute Gasteiger partial charge is 0.496 e. The molecule has 6 N–H and O–H groups in total. The van der Waals surface area contributed by atoms with E-state index in [1.165, 1.54) is 0 Å². The van der Waals surface area contributed by atoms with Crippen molar-refractivity contribution in [3.05, 3.63) is 89.0 Å². The number of hydrogen-bond donors (Lipinski definition) is 4. The van der Waals surface area contributed by atoms with Gasteiger partial charge in [-0.2, -0.15) is 0 Å². The summed E-state index contributed by atoms with van der Waals surface area (Å²) in [5, 5.41) is 14.9. The molecule has 154 valence electrons. The fraction of sp³-hybridized carbons (Fsp3) is 0.130. The maximum absolute atomic E-state index is 7.45. The molecule has 7 nitrogen and oxygen atoms in total. The molecule has 3 rings (SSSR count). The van der Waals surface area contributed by atoms with E-state index in [1.807, 2.05) is 24.3 Å². The minimum atomic E-state index is 0.0352. The first-order valence-electron chi connectivity index (χ1n) is 9.26. The van der Waals surface area contributed by atoms with Crippen LogP contribution in [0.5, 0.6) is 17.2 Å². The van der Waals surface area contributed by atoms with Gasteiger partial charge in [0.15, 0.2) is 0 Å². The van der Waals surface area contributed by atoms with Crippen LogP contribution < -0.4 is 25.7 Å². The Kier molecular flexibility index (Phi) is 6.54. The van der Waals surface area contributed by atoms with Crippen LogP contribution in [0.15, 0.2) is 66.7 Å². The zero-order chi connectivity index (χ0) is 21.5. The second-order valence-corrected chi connectivity index (χ2v) is 6.64. The zero-order valence-electron chi connectivity index (χ0n) is 16.6. The summed E-state index contributed by atoms with van der Waals surface area (Å²) in [6.45, 7) is 0.717. The van der Waals surface area contributed by atoms with Crippen molar-refractivity contribution < 1.29 is 14.2 Å². The first kappa shape index (κ1) is 20.7. The molecular weight excluding hydrogens is 380 g/mol. The predicted octanol–water partition coefficient (Wildman–Crippen LogP) is 3.42. The molecule has 0 aliphatic rings. The van der Waals surface area contributed by atoms with E-state index in [0.717, 1.165) is 11.1 Å². The summed E-state index contributed by atoms with van der Waals surface area (Å²) in [4.78, 5) is 0. The van der Waals surface area contributed by atoms with E-state index in [-0.39, 0.29) is 11.7 Å². The third-order valence-corrected chi connectivity index (χ3v) is 4.43. The summed E-state index contributed by atoms with van der Waals surface area (Å²) in [5.41, 5.74) is 14.2. The van der Waals surface area contributed by atoms with E-state index in [2.05, 4.69) is 0 Å². The van der Waals surface area contributed by atoms with Crippen molar-refractivity contribution >= 4 is 11.7 Å². The van der Waals surface area contributed by atoms with Crippen molar-refractivity contribution in [1.29, 1.82) is 10.8 Å². The third kappa shape index (κ3) is 5.51. The molecule has 7 heteroatoms. The Morgan fingerprint density at radius 1 is 0.667 bits per heavy atom. The number of nitrogens with two attached hydrogens (primary N) is 2. The summed E-state index contributed by atoms with van der Waals surface area (Å²) in [6.07, 6.45) is 0. The van der Waals surface area contributed by atoms with Gasteiger partial charge >= 0.3 is 0 Å². The molecule has 0 aliphatic carbocycles. The minimum Gasteiger partial charge on any atom is -0.496 e. The maximum atomic E-state index is 7.45. The molecule has 0 saturated heterocycles. The molecule has 0 saturated carbocycles. The third-order valence-electron chi connectivity index (χ3n) is 4.43. The van der Waals surface area contributed by atoms with Gasteiger partial charge in [-0.05, 0) is 11.1 Å². The van der Waals surface area contributed by atoms with Crippen LogP contribution in [0, 0.1) is 10.8 Å². The lowest BCUT2D eigenvalue weighted by molar-refractivity contribution is 0.286. The van der Waals surface area contributed by atoms with Gasteiger partial charge in [0.1, 0.15) is 42.1 Å². The van der Waals surface area contributed by atoms with Gasteiger partial charge in [-0.3, -0.25) is 10.8 Å². The van der Waals surface area contributed by atoms with E-state index < -0.39 is 0 Å². The standard InChI is InChI=1S/C23H24N4O3/c1-28-19-10-20(29-13-15-2-6-17(7-3-15)22(24)25)12-21(11-19)30-14-16-4-8-18(9-5-16)23(26)27/h2-12H,13-14H2,1H3,(H3,24,25)(H3,26,27). The SMILES string of the molecule is COc1cc(OCc2ccc(C(=N)N)cc2)cc(OCc2ccc(C(=N)N)cc2)c1. The molecule has 0 heterocycles. The van der Waals surface area contributed by atoms with Gasteiger partial charge in [0, 0.05) is 29.3 Å². The van der Waals surface area contributed by atoms with Crippen LogP contribution >= 0.6 is 0 Å². The van der Waals surface area contributed by atoms with Crippen molar-refractivity contribution in [2.75, 3.05) is 7.11 Å². The average Bonchev–Trinajstić information content (AvgIpc) is 2.76. The Bertz CT molecular complexity index is 952. The molecule has 0 radical (unpaired) electrons. The number of hydrogen-bond acceptors (Lipinski definition) is 5. The smallest absolute Gasteiger partial charge is 0.127 e. The number of nitrogen functional groups attached to an aromatic ring is 2. The quantitative estimate of drug-likeness (QED) is 0.321. The zero-order valence-corrected chi connectivity index (χ0v) is 16.6. The fourth-order valence-corrected chi connectivity index (χ4v) is 2.72. The Morgan fingerprint density at radius 3 is 1.37 bits per heavy atom. The van der Waals surface area contributed by atoms with Crippen LogP contribution in [-0.4, -0.2) is 18.8 Å². The molecule has 0 bridgehead atoms. The lowest BCUT2D eigenvalue weighted by Gasteiger charge is -2.12. The topological polar surface area (TPSA) is 127 Å². The average molecular weight is 404 g/mol. The van der Waals surface area contributed by atoms with Gasteiger partial charge in [-0.25, -0.2) is 0 Å². The van der Waals surface area contributed by atoms with Crippen molar-refractivity contribution in [3.63, 3.8) is 0 Å². The van der Waals surface area contributed by atoms with E-state index in [9.17, 15) is 0 Å². The van der Waals surface area contributed by atoms with Crippen LogP contribution in [0.2, 0.25) is 0 Å². The van der Waals surface area contributed by atoms with Crippen LogP contribution in [0.4, 0.5) is 0 Å². The lowest BCUT2D eigenvalue weighted by atomic mass is 10.1. The normalized spacial score (nSPS) is 10.3. The summed E-state index contributed by atoms with van der Waals surface area (Å²) in [6, 6.07) is 20.0. The van der Waals surface area contributed by atoms with Gasteiger partial charge in [0.05, 0.1) is 7.11 Å². The molecule has 0 atom stereocenters. The van der Waals surface area contributed by atoms with Crippen molar-refractivity contribution in [2.45, 2.75) is 13.2 Å². The molecule has 0 aromatic heterocycles.